The van der Waals surface area contributed by atoms with E-state index in [9.17, 15) is 37.1 Å². The van der Waals surface area contributed by atoms with Crippen LogP contribution in [0.25, 0.3) is 12.2 Å². The lowest BCUT2D eigenvalue weighted by molar-refractivity contribution is -0.385. The van der Waals surface area contributed by atoms with E-state index in [0.29, 0.717) is 10.8 Å². The molecule has 0 heterocycles. The Morgan fingerprint density at radius 3 is 1.42 bits per heavy atom. The molecule has 1 N–H and O–H groups in total. The van der Waals surface area contributed by atoms with E-state index in [1.807, 2.05) is 0 Å². The second kappa shape index (κ2) is 10.2. The molecular formula is C18H17N3O10S2. The Bertz CT molecular complexity index is 1250. The maximum atomic E-state index is 12.1. The van der Waals surface area contributed by atoms with Gasteiger partial charge in [-0.2, -0.15) is 0 Å². The molecule has 0 radical (unpaired) electrons. The van der Waals surface area contributed by atoms with Crippen LogP contribution >= 0.6 is 0 Å². The van der Waals surface area contributed by atoms with Crippen molar-refractivity contribution in [2.45, 2.75) is 0 Å². The molecule has 2 aromatic rings. The van der Waals surface area contributed by atoms with Crippen molar-refractivity contribution in [1.29, 1.82) is 0 Å². The summed E-state index contributed by atoms with van der Waals surface area (Å²) in [5.74, 6) is -0.0748. The molecule has 2 rings (SSSR count). The number of ether oxygens (including phenoxy) is 2. The molecule has 0 unspecified atom stereocenters. The molecule has 15 heteroatoms. The van der Waals surface area contributed by atoms with Crippen molar-refractivity contribution >= 4 is 43.6 Å². The van der Waals surface area contributed by atoms with Crippen molar-refractivity contribution in [2.75, 3.05) is 14.2 Å². The minimum absolute atomic E-state index is 0.0374. The van der Waals surface area contributed by atoms with Crippen LogP contribution in [0, 0.1) is 20.2 Å². The molecule has 33 heavy (non-hydrogen) atoms. The van der Waals surface area contributed by atoms with Gasteiger partial charge in [-0.15, -0.1) is 4.13 Å². The number of nitrogens with zero attached hydrogens (tertiary/aromatic N) is 2. The molecule has 0 aliphatic carbocycles. The highest BCUT2D eigenvalue weighted by Crippen LogP contribution is 2.29. The predicted octanol–water partition coefficient (Wildman–Crippen LogP) is 2.41. The van der Waals surface area contributed by atoms with Crippen molar-refractivity contribution in [3.05, 3.63) is 78.6 Å². The number of hydrogen-bond donors (Lipinski definition) is 1. The summed E-state index contributed by atoms with van der Waals surface area (Å²) in [4.78, 5) is 20.6. The predicted molar refractivity (Wildman–Crippen MR) is 118 cm³/mol. The summed E-state index contributed by atoms with van der Waals surface area (Å²) in [6.07, 6.45) is 1.92. The van der Waals surface area contributed by atoms with Gasteiger partial charge in [0, 0.05) is 22.9 Å². The topological polar surface area (TPSA) is 185 Å². The first-order valence-corrected chi connectivity index (χ1v) is 11.8. The van der Waals surface area contributed by atoms with Crippen LogP contribution in [0.5, 0.6) is 11.5 Å². The average molecular weight is 499 g/mol. The first kappa shape index (κ1) is 25.4. The highest BCUT2D eigenvalue weighted by Gasteiger charge is 2.18. The molecule has 176 valence electrons. The molecule has 0 atom stereocenters. The third-order valence-electron chi connectivity index (χ3n) is 3.91. The van der Waals surface area contributed by atoms with E-state index < -0.39 is 41.3 Å². The summed E-state index contributed by atoms with van der Waals surface area (Å²) < 4.78 is 59.6. The monoisotopic (exact) mass is 499 g/mol. The molecule has 0 bridgehead atoms. The van der Waals surface area contributed by atoms with E-state index in [2.05, 4.69) is 0 Å². The molecule has 0 saturated carbocycles. The van der Waals surface area contributed by atoms with E-state index in [0.717, 1.165) is 24.3 Å². The third-order valence-corrected chi connectivity index (χ3v) is 6.76. The minimum atomic E-state index is -4.52. The highest BCUT2D eigenvalue weighted by molar-refractivity contribution is 8.07. The number of nitro benzene ring substituents is 2. The van der Waals surface area contributed by atoms with Gasteiger partial charge in [-0.1, -0.05) is 12.1 Å². The molecule has 0 spiro atoms. The first-order chi connectivity index (χ1) is 15.4. The number of hydrogen-bond acceptors (Lipinski definition) is 10. The van der Waals surface area contributed by atoms with Crippen LogP contribution in [0.1, 0.15) is 11.1 Å². The molecule has 2 aromatic carbocycles. The zero-order valence-electron chi connectivity index (χ0n) is 17.1. The molecule has 0 aliphatic rings. The van der Waals surface area contributed by atoms with Crippen LogP contribution in [0.4, 0.5) is 11.4 Å². The Hall–Kier alpha value is -3.82. The average Bonchev–Trinajstić information content (AvgIpc) is 2.75. The maximum absolute atomic E-state index is 12.1. The molecule has 0 fully saturated rings. The number of sulfonamides is 2. The van der Waals surface area contributed by atoms with Crippen LogP contribution < -0.4 is 13.6 Å². The van der Waals surface area contributed by atoms with Gasteiger partial charge in [-0.25, -0.2) is 16.8 Å². The smallest absolute Gasteiger partial charge is 0.311 e. The van der Waals surface area contributed by atoms with Crippen LogP contribution in [0.2, 0.25) is 0 Å². The minimum Gasteiger partial charge on any atom is -0.490 e. The van der Waals surface area contributed by atoms with Crippen LogP contribution in [-0.2, 0) is 20.0 Å². The van der Waals surface area contributed by atoms with E-state index in [1.54, 1.807) is 0 Å². The molecule has 13 nitrogen and oxygen atoms in total. The third kappa shape index (κ3) is 7.09. The van der Waals surface area contributed by atoms with Gasteiger partial charge in [0.15, 0.2) is 11.5 Å². The molecule has 0 aromatic heterocycles. The number of methoxy groups -OCH3 is 2. The second-order valence-electron chi connectivity index (χ2n) is 6.16. The van der Waals surface area contributed by atoms with E-state index in [-0.39, 0.29) is 22.6 Å². The van der Waals surface area contributed by atoms with Gasteiger partial charge in [0.2, 0.25) is 20.0 Å². The Labute approximate surface area is 188 Å². The zero-order valence-corrected chi connectivity index (χ0v) is 18.7. The van der Waals surface area contributed by atoms with E-state index in [4.69, 9.17) is 9.47 Å². The van der Waals surface area contributed by atoms with E-state index in [1.165, 1.54) is 42.6 Å². The normalized spacial score (nSPS) is 12.2. The van der Waals surface area contributed by atoms with Gasteiger partial charge < -0.3 is 9.47 Å². The standard InChI is InChI=1S/C18H17N3O10S2/c1-30-17-5-3-13(11-15(17)20(22)23)7-9-32(26,27)19-33(28,29)10-8-14-4-6-18(31-2)16(12-14)21(24)25/h3-12,19H,1-2H3/b9-7+,10-8+. The Balaban J connectivity index is 2.22. The van der Waals surface area contributed by atoms with Crippen molar-refractivity contribution in [3.63, 3.8) is 0 Å². The van der Waals surface area contributed by atoms with Crippen LogP contribution in [-0.4, -0.2) is 40.9 Å². The highest BCUT2D eigenvalue weighted by atomic mass is 32.3. The fourth-order valence-corrected chi connectivity index (χ4v) is 4.87. The van der Waals surface area contributed by atoms with Gasteiger partial charge in [0.1, 0.15) is 0 Å². The van der Waals surface area contributed by atoms with Crippen molar-refractivity contribution in [2.24, 2.45) is 0 Å². The van der Waals surface area contributed by atoms with Gasteiger partial charge in [-0.05, 0) is 35.4 Å². The summed E-state index contributed by atoms with van der Waals surface area (Å²) in [6.45, 7) is 0. The summed E-state index contributed by atoms with van der Waals surface area (Å²) in [6, 6.07) is 7.29. The lowest BCUT2D eigenvalue weighted by Crippen LogP contribution is -2.26. The number of nitro groups is 2. The Morgan fingerprint density at radius 2 is 1.12 bits per heavy atom. The Kier molecular flexibility index (Phi) is 7.86. The summed E-state index contributed by atoms with van der Waals surface area (Å²) >= 11 is 0. The van der Waals surface area contributed by atoms with Gasteiger partial charge in [-0.3, -0.25) is 20.2 Å². The molecule has 0 saturated heterocycles. The fraction of sp³-hybridized carbons (Fsp3) is 0.111. The van der Waals surface area contributed by atoms with Crippen molar-refractivity contribution in [3.8, 4) is 11.5 Å². The SMILES string of the molecule is COc1ccc(/C=C/S(=O)(=O)NS(=O)(=O)/C=C/c2ccc(OC)c([N+](=O)[O-])c2)cc1[N+](=O)[O-]. The summed E-state index contributed by atoms with van der Waals surface area (Å²) in [7, 11) is -6.58. The van der Waals surface area contributed by atoms with E-state index >= 15 is 0 Å². The fourth-order valence-electron chi connectivity index (χ4n) is 2.46. The van der Waals surface area contributed by atoms with Crippen molar-refractivity contribution in [1.82, 2.24) is 4.13 Å². The quantitative estimate of drug-likeness (QED) is 0.376. The van der Waals surface area contributed by atoms with Gasteiger partial charge >= 0.3 is 11.4 Å². The summed E-state index contributed by atoms with van der Waals surface area (Å²) in [5, 5.41) is 23.1. The number of rotatable bonds is 10. The zero-order chi connectivity index (χ0) is 24.8. The lowest BCUT2D eigenvalue weighted by Gasteiger charge is -2.03. The van der Waals surface area contributed by atoms with Crippen molar-refractivity contribution < 1.29 is 36.2 Å². The van der Waals surface area contributed by atoms with Gasteiger partial charge in [0.25, 0.3) is 0 Å². The largest absolute Gasteiger partial charge is 0.490 e. The van der Waals surface area contributed by atoms with Gasteiger partial charge in [0.05, 0.1) is 24.1 Å². The Morgan fingerprint density at radius 1 is 0.758 bits per heavy atom. The molecule has 0 amide bonds. The van der Waals surface area contributed by atoms with Crippen LogP contribution in [0.15, 0.2) is 47.2 Å². The molecular weight excluding hydrogens is 482 g/mol. The second-order valence-corrected chi connectivity index (χ2v) is 9.55. The van der Waals surface area contributed by atoms with Crippen LogP contribution in [0.3, 0.4) is 0 Å². The lowest BCUT2D eigenvalue weighted by atomic mass is 10.2. The summed E-state index contributed by atoms with van der Waals surface area (Å²) in [5.41, 5.74) is -0.610. The number of nitrogens with one attached hydrogen (secondary N) is 1. The maximum Gasteiger partial charge on any atom is 0.311 e. The number of benzene rings is 2. The first-order valence-electron chi connectivity index (χ1n) is 8.67. The molecule has 0 aliphatic heterocycles.